The monoisotopic (exact) mass is 501 g/mol. The first kappa shape index (κ1) is 26.4. The van der Waals surface area contributed by atoms with Crippen LogP contribution < -0.4 is 15.4 Å². The third kappa shape index (κ3) is 6.35. The Bertz CT molecular complexity index is 1270. The lowest BCUT2D eigenvalue weighted by molar-refractivity contribution is 0.0857. The zero-order valence-electron chi connectivity index (χ0n) is 22.2. The first-order chi connectivity index (χ1) is 17.7. The Morgan fingerprint density at radius 2 is 1.84 bits per heavy atom. The minimum absolute atomic E-state index is 0.103. The minimum atomic E-state index is -0.266. The molecule has 37 heavy (non-hydrogen) atoms. The van der Waals surface area contributed by atoms with Gasteiger partial charge in [-0.2, -0.15) is 0 Å². The van der Waals surface area contributed by atoms with Crippen LogP contribution in [-0.4, -0.2) is 43.2 Å². The second-order valence-electron chi connectivity index (χ2n) is 10.4. The number of nitrogens with zero attached hydrogens (tertiary/aromatic N) is 1. The van der Waals surface area contributed by atoms with Gasteiger partial charge < -0.3 is 20.1 Å². The number of pyridine rings is 1. The summed E-state index contributed by atoms with van der Waals surface area (Å²) in [4.78, 5) is 30.2. The molecule has 0 radical (unpaired) electrons. The van der Waals surface area contributed by atoms with Crippen LogP contribution in [0.4, 0.5) is 5.69 Å². The maximum Gasteiger partial charge on any atom is 0.259 e. The molecule has 1 unspecified atom stereocenters. The summed E-state index contributed by atoms with van der Waals surface area (Å²) in [5.41, 5.74) is 5.17. The lowest BCUT2D eigenvalue weighted by atomic mass is 9.86. The van der Waals surface area contributed by atoms with E-state index in [1.165, 1.54) is 0 Å². The van der Waals surface area contributed by atoms with Crippen molar-refractivity contribution in [1.29, 1.82) is 0 Å². The normalized spacial score (nSPS) is 15.3. The molecular formula is C30H35N3O4. The highest BCUT2D eigenvalue weighted by molar-refractivity contribution is 6.06. The van der Waals surface area contributed by atoms with Crippen molar-refractivity contribution in [3.63, 3.8) is 0 Å². The van der Waals surface area contributed by atoms with Crippen LogP contribution >= 0.6 is 0 Å². The summed E-state index contributed by atoms with van der Waals surface area (Å²) >= 11 is 0. The number of nitrogens with one attached hydrogen (secondary N) is 2. The Balaban J connectivity index is 1.50. The fraction of sp³-hybridized carbons (Fsp3) is 0.367. The van der Waals surface area contributed by atoms with Gasteiger partial charge in [-0.3, -0.25) is 14.6 Å². The zero-order valence-corrected chi connectivity index (χ0v) is 22.2. The molecule has 2 amide bonds. The van der Waals surface area contributed by atoms with Gasteiger partial charge >= 0.3 is 0 Å². The summed E-state index contributed by atoms with van der Waals surface area (Å²) < 4.78 is 11.0. The Labute approximate surface area is 218 Å². The number of hydrogen-bond donors (Lipinski definition) is 2. The molecule has 2 heterocycles. The average Bonchev–Trinajstić information content (AvgIpc) is 3.41. The van der Waals surface area contributed by atoms with Gasteiger partial charge in [0.15, 0.2) is 0 Å². The summed E-state index contributed by atoms with van der Waals surface area (Å²) in [7, 11) is 1.56. The van der Waals surface area contributed by atoms with E-state index in [1.807, 2.05) is 43.3 Å². The SMILES string of the molecule is COc1ccc(C(C)(C)C)cc1C(=O)Nc1cnc(C)c(-c2ccc(C(=O)NCC3CCCO3)cc2)c1. The molecule has 1 aliphatic rings. The number of carbonyl (C=O) groups is 2. The molecular weight excluding hydrogens is 466 g/mol. The van der Waals surface area contributed by atoms with Gasteiger partial charge in [0, 0.05) is 30.0 Å². The second-order valence-corrected chi connectivity index (χ2v) is 10.4. The number of aryl methyl sites for hydroxylation is 1. The highest BCUT2D eigenvalue weighted by Gasteiger charge is 2.20. The van der Waals surface area contributed by atoms with Crippen molar-refractivity contribution < 1.29 is 19.1 Å². The number of aromatic nitrogens is 1. The van der Waals surface area contributed by atoms with Crippen LogP contribution in [-0.2, 0) is 10.2 Å². The lowest BCUT2D eigenvalue weighted by Gasteiger charge is -2.21. The fourth-order valence-corrected chi connectivity index (χ4v) is 4.36. The third-order valence-electron chi connectivity index (χ3n) is 6.63. The molecule has 1 aromatic heterocycles. The average molecular weight is 502 g/mol. The highest BCUT2D eigenvalue weighted by atomic mass is 16.5. The van der Waals surface area contributed by atoms with Gasteiger partial charge in [-0.1, -0.05) is 39.0 Å². The van der Waals surface area contributed by atoms with Gasteiger partial charge in [0.25, 0.3) is 11.8 Å². The van der Waals surface area contributed by atoms with Gasteiger partial charge in [-0.25, -0.2) is 0 Å². The van der Waals surface area contributed by atoms with E-state index in [2.05, 4.69) is 36.4 Å². The zero-order chi connectivity index (χ0) is 26.6. The van der Waals surface area contributed by atoms with Gasteiger partial charge in [0.05, 0.1) is 30.7 Å². The van der Waals surface area contributed by atoms with Crippen LogP contribution in [0.3, 0.4) is 0 Å². The van der Waals surface area contributed by atoms with Gasteiger partial charge in [0.1, 0.15) is 5.75 Å². The van der Waals surface area contributed by atoms with E-state index >= 15 is 0 Å². The molecule has 4 rings (SSSR count). The molecule has 0 spiro atoms. The van der Waals surface area contributed by atoms with Gasteiger partial charge in [-0.15, -0.1) is 0 Å². The number of rotatable bonds is 7. The molecule has 194 valence electrons. The van der Waals surface area contributed by atoms with Crippen molar-refractivity contribution in [1.82, 2.24) is 10.3 Å². The van der Waals surface area contributed by atoms with Gasteiger partial charge in [0.2, 0.25) is 0 Å². The molecule has 0 aliphatic carbocycles. The molecule has 2 N–H and O–H groups in total. The number of methoxy groups -OCH3 is 1. The van der Waals surface area contributed by atoms with Gasteiger partial charge in [-0.05, 0) is 66.6 Å². The number of amides is 2. The molecule has 0 bridgehead atoms. The maximum absolute atomic E-state index is 13.2. The first-order valence-electron chi connectivity index (χ1n) is 12.6. The molecule has 1 saturated heterocycles. The standard InChI is InChI=1S/C30H35N3O4/c1-19-25(20-8-10-21(11-9-20)28(34)32-18-24-7-6-14-37-24)16-23(17-31-19)33-29(35)26-15-22(30(2,3)4)12-13-27(26)36-5/h8-13,15-17,24H,6-7,14,18H2,1-5H3,(H,32,34)(H,33,35). The smallest absolute Gasteiger partial charge is 0.259 e. The highest BCUT2D eigenvalue weighted by Crippen LogP contribution is 2.30. The van der Waals surface area contributed by atoms with Crippen molar-refractivity contribution in [2.45, 2.75) is 52.1 Å². The van der Waals surface area contributed by atoms with E-state index in [1.54, 1.807) is 25.4 Å². The number of hydrogen-bond acceptors (Lipinski definition) is 5. The van der Waals surface area contributed by atoms with Crippen LogP contribution in [0.15, 0.2) is 54.7 Å². The molecule has 7 nitrogen and oxygen atoms in total. The lowest BCUT2D eigenvalue weighted by Crippen LogP contribution is -2.31. The topological polar surface area (TPSA) is 89.5 Å². The Hall–Kier alpha value is -3.71. The van der Waals surface area contributed by atoms with Crippen LogP contribution in [0.2, 0.25) is 0 Å². The molecule has 3 aromatic rings. The van der Waals surface area contributed by atoms with Crippen LogP contribution in [0.5, 0.6) is 5.75 Å². The van der Waals surface area contributed by atoms with Crippen LogP contribution in [0.25, 0.3) is 11.1 Å². The predicted molar refractivity (Wildman–Crippen MR) is 145 cm³/mol. The number of benzene rings is 2. The van der Waals surface area contributed by atoms with E-state index in [0.717, 1.165) is 41.8 Å². The molecule has 0 saturated carbocycles. The maximum atomic E-state index is 13.2. The van der Waals surface area contributed by atoms with Crippen LogP contribution in [0, 0.1) is 6.92 Å². The number of carbonyl (C=O) groups excluding carboxylic acids is 2. The summed E-state index contributed by atoms with van der Waals surface area (Å²) in [6.45, 7) is 9.51. The van der Waals surface area contributed by atoms with E-state index in [0.29, 0.717) is 29.1 Å². The van der Waals surface area contributed by atoms with Crippen molar-refractivity contribution in [2.75, 3.05) is 25.6 Å². The molecule has 1 aliphatic heterocycles. The molecule has 2 aromatic carbocycles. The number of anilines is 1. The summed E-state index contributed by atoms with van der Waals surface area (Å²) in [5, 5.41) is 5.91. The molecule has 1 fully saturated rings. The molecule has 7 heteroatoms. The summed E-state index contributed by atoms with van der Waals surface area (Å²) in [6.07, 6.45) is 3.77. The van der Waals surface area contributed by atoms with Crippen molar-refractivity contribution >= 4 is 17.5 Å². The van der Waals surface area contributed by atoms with Crippen molar-refractivity contribution in [3.05, 3.63) is 77.1 Å². The molecule has 1 atom stereocenters. The minimum Gasteiger partial charge on any atom is -0.496 e. The Morgan fingerprint density at radius 1 is 1.08 bits per heavy atom. The van der Waals surface area contributed by atoms with E-state index in [4.69, 9.17) is 9.47 Å². The summed E-state index contributed by atoms with van der Waals surface area (Å²) in [6, 6.07) is 15.0. The quantitative estimate of drug-likeness (QED) is 0.445. The predicted octanol–water partition coefficient (Wildman–Crippen LogP) is 5.52. The van der Waals surface area contributed by atoms with E-state index in [9.17, 15) is 9.59 Å². The van der Waals surface area contributed by atoms with E-state index in [-0.39, 0.29) is 23.3 Å². The summed E-state index contributed by atoms with van der Waals surface area (Å²) in [5.74, 6) is 0.126. The largest absolute Gasteiger partial charge is 0.496 e. The van der Waals surface area contributed by atoms with E-state index < -0.39 is 0 Å². The Kier molecular flexibility index (Phi) is 7.93. The second kappa shape index (κ2) is 11.1. The van der Waals surface area contributed by atoms with Crippen molar-refractivity contribution in [2.24, 2.45) is 0 Å². The van der Waals surface area contributed by atoms with Crippen molar-refractivity contribution in [3.8, 4) is 16.9 Å². The third-order valence-corrected chi connectivity index (χ3v) is 6.63. The fourth-order valence-electron chi connectivity index (χ4n) is 4.36. The first-order valence-corrected chi connectivity index (χ1v) is 12.6. The number of ether oxygens (including phenoxy) is 2. The van der Waals surface area contributed by atoms with Crippen LogP contribution in [0.1, 0.15) is 65.6 Å². The Morgan fingerprint density at radius 3 is 2.49 bits per heavy atom.